The van der Waals surface area contributed by atoms with E-state index in [-0.39, 0.29) is 17.2 Å². The number of esters is 1. The number of methoxy groups -OCH3 is 1. The minimum absolute atomic E-state index is 0.197. The summed E-state index contributed by atoms with van der Waals surface area (Å²) in [6, 6.07) is 6.14. The fourth-order valence-electron chi connectivity index (χ4n) is 5.30. The summed E-state index contributed by atoms with van der Waals surface area (Å²) in [6.07, 6.45) is 6.34. The molecule has 1 saturated heterocycles. The predicted molar refractivity (Wildman–Crippen MR) is 90.0 cm³/mol. The molecule has 2 atom stereocenters. The molecule has 1 aromatic rings. The zero-order chi connectivity index (χ0) is 16.8. The second-order valence-electron chi connectivity index (χ2n) is 7.42. The molecule has 4 rings (SSSR count). The van der Waals surface area contributed by atoms with Crippen LogP contribution < -0.4 is 0 Å². The molecule has 4 nitrogen and oxygen atoms in total. The van der Waals surface area contributed by atoms with Gasteiger partial charge < -0.3 is 14.2 Å². The van der Waals surface area contributed by atoms with Crippen LogP contribution in [0.4, 0.5) is 0 Å². The van der Waals surface area contributed by atoms with Crippen LogP contribution in [0.15, 0.2) is 18.2 Å². The molecule has 2 fully saturated rings. The standard InChI is InChI=1S/C20H26O4/c1-3-19-8-9-20(23-10-11-24-20)13-16(19)6-4-14-12-15(18(21)22-2)5-7-17(14)19/h5,7,12,16H,3-4,6,8-11,13H2,1-2H3/t16?,19-/m1/s1. The van der Waals surface area contributed by atoms with Crippen molar-refractivity contribution >= 4 is 5.97 Å². The minimum atomic E-state index is -0.327. The van der Waals surface area contributed by atoms with E-state index in [4.69, 9.17) is 14.2 Å². The summed E-state index contributed by atoms with van der Waals surface area (Å²) < 4.78 is 16.9. The number of fused-ring (bicyclic) bond motifs is 3. The first-order valence-corrected chi connectivity index (χ1v) is 9.12. The molecule has 0 aromatic heterocycles. The van der Waals surface area contributed by atoms with Crippen molar-refractivity contribution in [2.45, 2.75) is 56.7 Å². The Bertz CT molecular complexity index is 647. The lowest BCUT2D eigenvalue weighted by Gasteiger charge is -2.52. The van der Waals surface area contributed by atoms with Crippen LogP contribution in [0.25, 0.3) is 0 Å². The van der Waals surface area contributed by atoms with Crippen LogP contribution in [0.1, 0.15) is 60.5 Å². The van der Waals surface area contributed by atoms with E-state index in [0.29, 0.717) is 11.5 Å². The monoisotopic (exact) mass is 330 g/mol. The van der Waals surface area contributed by atoms with Gasteiger partial charge in [0.25, 0.3) is 0 Å². The Morgan fingerprint density at radius 1 is 1.29 bits per heavy atom. The van der Waals surface area contributed by atoms with Gasteiger partial charge in [-0.1, -0.05) is 13.0 Å². The van der Waals surface area contributed by atoms with Gasteiger partial charge in [0.05, 0.1) is 25.9 Å². The van der Waals surface area contributed by atoms with Crippen molar-refractivity contribution in [3.63, 3.8) is 0 Å². The number of aryl methyl sites for hydroxylation is 1. The third-order valence-corrected chi connectivity index (χ3v) is 6.56. The highest BCUT2D eigenvalue weighted by atomic mass is 16.7. The maximum Gasteiger partial charge on any atom is 0.337 e. The van der Waals surface area contributed by atoms with Gasteiger partial charge in [-0.25, -0.2) is 4.79 Å². The van der Waals surface area contributed by atoms with Gasteiger partial charge in [0.2, 0.25) is 0 Å². The van der Waals surface area contributed by atoms with E-state index in [9.17, 15) is 4.79 Å². The van der Waals surface area contributed by atoms with Gasteiger partial charge in [0.15, 0.2) is 5.79 Å². The number of benzene rings is 1. The predicted octanol–water partition coefficient (Wildman–Crippen LogP) is 3.61. The van der Waals surface area contributed by atoms with Gasteiger partial charge >= 0.3 is 5.97 Å². The Kier molecular flexibility index (Phi) is 3.92. The summed E-state index contributed by atoms with van der Waals surface area (Å²) in [6.45, 7) is 3.75. The summed E-state index contributed by atoms with van der Waals surface area (Å²) >= 11 is 0. The van der Waals surface area contributed by atoms with Crippen LogP contribution in [-0.4, -0.2) is 32.1 Å². The highest BCUT2D eigenvalue weighted by Crippen LogP contribution is 2.56. The van der Waals surface area contributed by atoms with E-state index in [1.165, 1.54) is 18.2 Å². The Morgan fingerprint density at radius 2 is 2.08 bits per heavy atom. The SMILES string of the molecule is CC[C@@]12CCC3(CC1CCc1cc(C(=O)OC)ccc12)OCCO3. The number of hydrogen-bond donors (Lipinski definition) is 0. The minimum Gasteiger partial charge on any atom is -0.465 e. The van der Waals surface area contributed by atoms with Crippen LogP contribution in [0.2, 0.25) is 0 Å². The molecule has 1 aromatic carbocycles. The van der Waals surface area contributed by atoms with Crippen molar-refractivity contribution in [3.8, 4) is 0 Å². The topological polar surface area (TPSA) is 44.8 Å². The molecule has 0 bridgehead atoms. The molecule has 1 unspecified atom stereocenters. The van der Waals surface area contributed by atoms with E-state index < -0.39 is 0 Å². The summed E-state index contributed by atoms with van der Waals surface area (Å²) in [7, 11) is 1.44. The molecule has 1 heterocycles. The number of carbonyl (C=O) groups is 1. The van der Waals surface area contributed by atoms with Gasteiger partial charge in [-0.15, -0.1) is 0 Å². The lowest BCUT2D eigenvalue weighted by molar-refractivity contribution is -0.200. The van der Waals surface area contributed by atoms with Crippen LogP contribution in [0.5, 0.6) is 0 Å². The van der Waals surface area contributed by atoms with E-state index >= 15 is 0 Å². The molecule has 4 heteroatoms. The van der Waals surface area contributed by atoms with Crippen molar-refractivity contribution in [2.24, 2.45) is 5.92 Å². The number of rotatable bonds is 2. The van der Waals surface area contributed by atoms with Crippen molar-refractivity contribution in [1.29, 1.82) is 0 Å². The molecule has 1 aliphatic heterocycles. The fraction of sp³-hybridized carbons (Fsp3) is 0.650. The quantitative estimate of drug-likeness (QED) is 0.777. The summed E-state index contributed by atoms with van der Waals surface area (Å²) in [4.78, 5) is 11.8. The zero-order valence-electron chi connectivity index (χ0n) is 14.6. The Balaban J connectivity index is 1.69. The molecular formula is C20H26O4. The average molecular weight is 330 g/mol. The van der Waals surface area contributed by atoms with E-state index in [1.807, 2.05) is 12.1 Å². The molecule has 24 heavy (non-hydrogen) atoms. The summed E-state index contributed by atoms with van der Waals surface area (Å²) in [5.41, 5.74) is 3.61. The second kappa shape index (κ2) is 5.85. The van der Waals surface area contributed by atoms with Gasteiger partial charge in [0.1, 0.15) is 0 Å². The normalized spacial score (nSPS) is 30.7. The summed E-state index contributed by atoms with van der Waals surface area (Å²) in [5.74, 6) is 0.0129. The molecule has 2 aliphatic carbocycles. The van der Waals surface area contributed by atoms with Gasteiger partial charge in [-0.3, -0.25) is 0 Å². The number of ether oxygens (including phenoxy) is 3. The van der Waals surface area contributed by atoms with Crippen molar-refractivity contribution in [1.82, 2.24) is 0 Å². The fourth-order valence-corrected chi connectivity index (χ4v) is 5.30. The molecular weight excluding hydrogens is 304 g/mol. The molecule has 1 spiro atoms. The third kappa shape index (κ3) is 2.31. The highest BCUT2D eigenvalue weighted by molar-refractivity contribution is 5.89. The summed E-state index contributed by atoms with van der Waals surface area (Å²) in [5, 5.41) is 0. The van der Waals surface area contributed by atoms with Gasteiger partial charge in [0, 0.05) is 12.8 Å². The van der Waals surface area contributed by atoms with Crippen LogP contribution in [0, 0.1) is 5.92 Å². The molecule has 0 radical (unpaired) electrons. The van der Waals surface area contributed by atoms with Crippen LogP contribution >= 0.6 is 0 Å². The molecule has 0 N–H and O–H groups in total. The average Bonchev–Trinajstić information content (AvgIpc) is 3.08. The molecule has 130 valence electrons. The molecule has 1 saturated carbocycles. The molecule has 3 aliphatic rings. The smallest absolute Gasteiger partial charge is 0.337 e. The number of carbonyl (C=O) groups excluding carboxylic acids is 1. The first-order valence-electron chi connectivity index (χ1n) is 9.12. The first kappa shape index (κ1) is 16.1. The highest BCUT2D eigenvalue weighted by Gasteiger charge is 2.53. The van der Waals surface area contributed by atoms with Crippen molar-refractivity contribution in [3.05, 3.63) is 34.9 Å². The second-order valence-corrected chi connectivity index (χ2v) is 7.42. The first-order chi connectivity index (χ1) is 11.6. The lowest BCUT2D eigenvalue weighted by Crippen LogP contribution is -2.50. The maximum absolute atomic E-state index is 11.8. The third-order valence-electron chi connectivity index (χ3n) is 6.56. The van der Waals surface area contributed by atoms with Gasteiger partial charge in [-0.05, 0) is 60.3 Å². The van der Waals surface area contributed by atoms with Crippen molar-refractivity contribution in [2.75, 3.05) is 20.3 Å². The molecule has 0 amide bonds. The van der Waals surface area contributed by atoms with Crippen LogP contribution in [0.3, 0.4) is 0 Å². The van der Waals surface area contributed by atoms with Crippen molar-refractivity contribution < 1.29 is 19.0 Å². The lowest BCUT2D eigenvalue weighted by atomic mass is 9.55. The van der Waals surface area contributed by atoms with E-state index in [2.05, 4.69) is 13.0 Å². The number of hydrogen-bond acceptors (Lipinski definition) is 4. The van der Waals surface area contributed by atoms with Crippen LogP contribution in [-0.2, 0) is 26.0 Å². The largest absolute Gasteiger partial charge is 0.465 e. The Hall–Kier alpha value is -1.39. The Labute approximate surface area is 143 Å². The zero-order valence-corrected chi connectivity index (χ0v) is 14.6. The van der Waals surface area contributed by atoms with E-state index in [1.54, 1.807) is 0 Å². The van der Waals surface area contributed by atoms with E-state index in [0.717, 1.165) is 51.7 Å². The van der Waals surface area contributed by atoms with Gasteiger partial charge in [-0.2, -0.15) is 0 Å². The maximum atomic E-state index is 11.8. The Morgan fingerprint density at radius 3 is 2.79 bits per heavy atom.